The van der Waals surface area contributed by atoms with E-state index in [1.54, 1.807) is 12.1 Å². The smallest absolute Gasteiger partial charge is 0.123 e. The fraction of sp³-hybridized carbons (Fsp3) is 0.571. The second-order valence-electron chi connectivity index (χ2n) is 4.68. The van der Waals surface area contributed by atoms with Crippen molar-refractivity contribution in [3.05, 3.63) is 35.1 Å². The minimum atomic E-state index is -0.118. The number of nitrogens with zero attached hydrogens (tertiary/aromatic N) is 1. The Morgan fingerprint density at radius 3 is 2.76 bits per heavy atom. The van der Waals surface area contributed by atoms with Gasteiger partial charge in [-0.15, -0.1) is 0 Å². The predicted octanol–water partition coefficient (Wildman–Crippen LogP) is 2.18. The molecular formula is C14H21FN2. The van der Waals surface area contributed by atoms with Crippen LogP contribution in [0.1, 0.15) is 25.0 Å². The third kappa shape index (κ3) is 3.05. The molecule has 1 unspecified atom stereocenters. The van der Waals surface area contributed by atoms with Crippen LogP contribution in [0.15, 0.2) is 18.2 Å². The van der Waals surface area contributed by atoms with Crippen LogP contribution in [0.4, 0.5) is 4.39 Å². The van der Waals surface area contributed by atoms with Gasteiger partial charge in [0, 0.05) is 19.1 Å². The van der Waals surface area contributed by atoms with Crippen LogP contribution in [0.3, 0.4) is 0 Å². The number of hydrogen-bond donors (Lipinski definition) is 1. The highest BCUT2D eigenvalue weighted by molar-refractivity contribution is 5.30. The monoisotopic (exact) mass is 236 g/mol. The molecule has 1 aromatic carbocycles. The third-order valence-corrected chi connectivity index (χ3v) is 3.59. The molecule has 1 heterocycles. The molecule has 2 rings (SSSR count). The minimum Gasteiger partial charge on any atom is -0.308 e. The van der Waals surface area contributed by atoms with E-state index in [-0.39, 0.29) is 5.82 Å². The first-order valence-electron chi connectivity index (χ1n) is 6.46. The Hall–Kier alpha value is -0.930. The van der Waals surface area contributed by atoms with Gasteiger partial charge in [-0.05, 0) is 42.8 Å². The molecule has 0 radical (unpaired) electrons. The number of hydrogen-bond acceptors (Lipinski definition) is 2. The van der Waals surface area contributed by atoms with E-state index in [1.807, 2.05) is 6.07 Å². The summed E-state index contributed by atoms with van der Waals surface area (Å²) in [6.45, 7) is 8.42. The molecule has 0 aliphatic carbocycles. The van der Waals surface area contributed by atoms with Crippen LogP contribution in [0, 0.1) is 5.82 Å². The van der Waals surface area contributed by atoms with Crippen molar-refractivity contribution in [3.63, 3.8) is 0 Å². The predicted molar refractivity (Wildman–Crippen MR) is 68.5 cm³/mol. The van der Waals surface area contributed by atoms with Crippen molar-refractivity contribution in [2.75, 3.05) is 19.6 Å². The molecule has 1 atom stereocenters. The van der Waals surface area contributed by atoms with Gasteiger partial charge < -0.3 is 10.2 Å². The zero-order valence-corrected chi connectivity index (χ0v) is 10.7. The fourth-order valence-electron chi connectivity index (χ4n) is 2.47. The summed E-state index contributed by atoms with van der Waals surface area (Å²) in [6.07, 6.45) is 0.934. The van der Waals surface area contributed by atoms with E-state index < -0.39 is 0 Å². The van der Waals surface area contributed by atoms with Crippen molar-refractivity contribution in [2.24, 2.45) is 0 Å². The van der Waals surface area contributed by atoms with Gasteiger partial charge >= 0.3 is 0 Å². The van der Waals surface area contributed by atoms with Gasteiger partial charge in [0.2, 0.25) is 0 Å². The minimum absolute atomic E-state index is 0.118. The molecule has 0 saturated carbocycles. The molecule has 1 aliphatic rings. The van der Waals surface area contributed by atoms with Crippen molar-refractivity contribution >= 4 is 0 Å². The lowest BCUT2D eigenvalue weighted by atomic mass is 9.95. The third-order valence-electron chi connectivity index (χ3n) is 3.59. The number of fused-ring (bicyclic) bond motifs is 1. The van der Waals surface area contributed by atoms with Crippen LogP contribution >= 0.6 is 0 Å². The molecule has 0 aromatic heterocycles. The second kappa shape index (κ2) is 5.61. The first kappa shape index (κ1) is 12.5. The van der Waals surface area contributed by atoms with Crippen LogP contribution in [-0.2, 0) is 13.0 Å². The Morgan fingerprint density at radius 1 is 1.29 bits per heavy atom. The summed E-state index contributed by atoms with van der Waals surface area (Å²) in [5.74, 6) is -0.118. The normalized spacial score (nSPS) is 19.4. The van der Waals surface area contributed by atoms with Gasteiger partial charge in [0.05, 0.1) is 0 Å². The average molecular weight is 236 g/mol. The standard InChI is InChI=1S/C14H21FN2/c1-3-17(4-2)10-14-8-12-7-13(15)6-5-11(12)9-16-14/h5-7,14,16H,3-4,8-10H2,1-2H3. The van der Waals surface area contributed by atoms with Crippen molar-refractivity contribution in [2.45, 2.75) is 32.9 Å². The number of halogens is 1. The molecule has 3 heteroatoms. The van der Waals surface area contributed by atoms with Crippen LogP contribution in [0.2, 0.25) is 0 Å². The van der Waals surface area contributed by atoms with E-state index in [9.17, 15) is 4.39 Å². The molecular weight excluding hydrogens is 215 g/mol. The van der Waals surface area contributed by atoms with Gasteiger partial charge in [-0.2, -0.15) is 0 Å². The summed E-state index contributed by atoms with van der Waals surface area (Å²) < 4.78 is 13.2. The maximum Gasteiger partial charge on any atom is 0.123 e. The topological polar surface area (TPSA) is 15.3 Å². The Labute approximate surface area is 103 Å². The Kier molecular flexibility index (Phi) is 4.13. The van der Waals surface area contributed by atoms with E-state index in [0.717, 1.165) is 32.6 Å². The summed E-state index contributed by atoms with van der Waals surface area (Å²) in [4.78, 5) is 2.40. The Morgan fingerprint density at radius 2 is 2.06 bits per heavy atom. The van der Waals surface area contributed by atoms with E-state index in [0.29, 0.717) is 6.04 Å². The quantitative estimate of drug-likeness (QED) is 0.862. The molecule has 17 heavy (non-hydrogen) atoms. The van der Waals surface area contributed by atoms with Crippen LogP contribution < -0.4 is 5.32 Å². The molecule has 2 nitrogen and oxygen atoms in total. The van der Waals surface area contributed by atoms with Crippen molar-refractivity contribution in [3.8, 4) is 0 Å². The second-order valence-corrected chi connectivity index (χ2v) is 4.68. The molecule has 1 aliphatic heterocycles. The molecule has 0 amide bonds. The summed E-state index contributed by atoms with van der Waals surface area (Å²) in [6, 6.07) is 5.58. The number of nitrogens with one attached hydrogen (secondary N) is 1. The van der Waals surface area contributed by atoms with E-state index in [1.165, 1.54) is 11.1 Å². The van der Waals surface area contributed by atoms with Crippen LogP contribution in [0.25, 0.3) is 0 Å². The highest BCUT2D eigenvalue weighted by atomic mass is 19.1. The molecule has 94 valence electrons. The van der Waals surface area contributed by atoms with Gasteiger partial charge in [0.25, 0.3) is 0 Å². The maximum atomic E-state index is 13.2. The van der Waals surface area contributed by atoms with Crippen LogP contribution in [0.5, 0.6) is 0 Å². The zero-order valence-electron chi connectivity index (χ0n) is 10.7. The summed E-state index contributed by atoms with van der Waals surface area (Å²) >= 11 is 0. The number of benzene rings is 1. The zero-order chi connectivity index (χ0) is 12.3. The first-order chi connectivity index (χ1) is 8.22. The van der Waals surface area contributed by atoms with Gasteiger partial charge in [0.1, 0.15) is 5.82 Å². The first-order valence-corrected chi connectivity index (χ1v) is 6.46. The molecule has 0 bridgehead atoms. The lowest BCUT2D eigenvalue weighted by Gasteiger charge is -2.30. The molecule has 0 saturated heterocycles. The maximum absolute atomic E-state index is 13.2. The van der Waals surface area contributed by atoms with Crippen molar-refractivity contribution in [1.29, 1.82) is 0 Å². The summed E-state index contributed by atoms with van der Waals surface area (Å²) in [5, 5.41) is 3.53. The van der Waals surface area contributed by atoms with Gasteiger partial charge in [-0.1, -0.05) is 19.9 Å². The van der Waals surface area contributed by atoms with Gasteiger partial charge in [-0.3, -0.25) is 0 Å². The SMILES string of the molecule is CCN(CC)CC1Cc2cc(F)ccc2CN1. The lowest BCUT2D eigenvalue weighted by Crippen LogP contribution is -2.44. The highest BCUT2D eigenvalue weighted by Crippen LogP contribution is 2.18. The van der Waals surface area contributed by atoms with Crippen molar-refractivity contribution in [1.82, 2.24) is 10.2 Å². The van der Waals surface area contributed by atoms with Crippen molar-refractivity contribution < 1.29 is 4.39 Å². The number of rotatable bonds is 4. The molecule has 1 aromatic rings. The molecule has 0 spiro atoms. The number of likely N-dealkylation sites (N-methyl/N-ethyl adjacent to an activating group) is 1. The summed E-state index contributed by atoms with van der Waals surface area (Å²) in [7, 11) is 0. The van der Waals surface area contributed by atoms with E-state index >= 15 is 0 Å². The van der Waals surface area contributed by atoms with E-state index in [2.05, 4.69) is 24.1 Å². The van der Waals surface area contributed by atoms with Gasteiger partial charge in [0.15, 0.2) is 0 Å². The lowest BCUT2D eigenvalue weighted by molar-refractivity contribution is 0.257. The molecule has 1 N–H and O–H groups in total. The van der Waals surface area contributed by atoms with Gasteiger partial charge in [-0.25, -0.2) is 4.39 Å². The molecule has 0 fully saturated rings. The largest absolute Gasteiger partial charge is 0.308 e. The highest BCUT2D eigenvalue weighted by Gasteiger charge is 2.19. The average Bonchev–Trinajstić information content (AvgIpc) is 2.35. The van der Waals surface area contributed by atoms with Crippen LogP contribution in [-0.4, -0.2) is 30.6 Å². The Balaban J connectivity index is 2.02. The fourth-order valence-corrected chi connectivity index (χ4v) is 2.47. The summed E-state index contributed by atoms with van der Waals surface area (Å²) in [5.41, 5.74) is 2.41. The van der Waals surface area contributed by atoms with E-state index in [4.69, 9.17) is 0 Å². The Bertz CT molecular complexity index is 374.